The summed E-state index contributed by atoms with van der Waals surface area (Å²) in [5.74, 6) is -2.43. The second-order valence-electron chi connectivity index (χ2n) is 8.55. The normalized spacial score (nSPS) is 20.3. The van der Waals surface area contributed by atoms with Crippen molar-refractivity contribution in [3.05, 3.63) is 59.7 Å². The Morgan fingerprint density at radius 3 is 2.18 bits per heavy atom. The standard InChI is InChI=1S/C25H28N2O6/c28-13-22(24(30)31)26-23(29)19-11-5-6-12-21(19)27-25(32)33-14-20-17-9-3-1-7-15(17)16-8-2-4-10-18(16)20/h1-4,7-10,19-22,28H,5-6,11-14H2,(H,26,29)(H,27,32)(H,30,31)/t19?,21?,22-/m1/s1. The van der Waals surface area contributed by atoms with Crippen molar-refractivity contribution in [2.45, 2.75) is 43.7 Å². The van der Waals surface area contributed by atoms with Crippen LogP contribution in [-0.4, -0.2) is 53.5 Å². The highest BCUT2D eigenvalue weighted by molar-refractivity contribution is 5.86. The molecule has 174 valence electrons. The van der Waals surface area contributed by atoms with E-state index in [1.54, 1.807) is 0 Å². The van der Waals surface area contributed by atoms with Crippen LogP contribution in [0.4, 0.5) is 4.79 Å². The van der Waals surface area contributed by atoms with Gasteiger partial charge in [0.25, 0.3) is 0 Å². The number of amides is 2. The first-order chi connectivity index (χ1) is 16.0. The van der Waals surface area contributed by atoms with Gasteiger partial charge in [-0.1, -0.05) is 61.4 Å². The molecule has 1 fully saturated rings. The Morgan fingerprint density at radius 1 is 0.970 bits per heavy atom. The number of benzene rings is 2. The molecule has 2 unspecified atom stereocenters. The van der Waals surface area contributed by atoms with Gasteiger partial charge in [0.2, 0.25) is 5.91 Å². The van der Waals surface area contributed by atoms with Gasteiger partial charge in [-0.3, -0.25) is 4.79 Å². The zero-order chi connectivity index (χ0) is 23.4. The number of carbonyl (C=O) groups is 3. The summed E-state index contributed by atoms with van der Waals surface area (Å²) in [6.07, 6.45) is 2.17. The fourth-order valence-corrected chi connectivity index (χ4v) is 4.87. The highest BCUT2D eigenvalue weighted by Gasteiger charge is 2.35. The summed E-state index contributed by atoms with van der Waals surface area (Å²) in [5.41, 5.74) is 4.52. The second kappa shape index (κ2) is 10.0. The number of carboxylic acid groups (broad SMARTS) is 1. The minimum absolute atomic E-state index is 0.0607. The Bertz CT molecular complexity index is 994. The van der Waals surface area contributed by atoms with Crippen LogP contribution in [0.1, 0.15) is 42.7 Å². The van der Waals surface area contributed by atoms with E-state index in [-0.39, 0.29) is 12.5 Å². The number of aliphatic carboxylic acids is 1. The van der Waals surface area contributed by atoms with Gasteiger partial charge in [0.15, 0.2) is 0 Å². The number of fused-ring (bicyclic) bond motifs is 3. The molecule has 8 heteroatoms. The first-order valence-electron chi connectivity index (χ1n) is 11.2. The summed E-state index contributed by atoms with van der Waals surface area (Å²) in [6, 6.07) is 14.3. The minimum Gasteiger partial charge on any atom is -0.480 e. The minimum atomic E-state index is -1.37. The van der Waals surface area contributed by atoms with E-state index in [0.717, 1.165) is 35.1 Å². The predicted molar refractivity (Wildman–Crippen MR) is 121 cm³/mol. The monoisotopic (exact) mass is 452 g/mol. The summed E-state index contributed by atoms with van der Waals surface area (Å²) in [6.45, 7) is -0.521. The van der Waals surface area contributed by atoms with Gasteiger partial charge in [-0.2, -0.15) is 0 Å². The average molecular weight is 453 g/mol. The lowest BCUT2D eigenvalue weighted by atomic mass is 9.83. The molecular weight excluding hydrogens is 424 g/mol. The quantitative estimate of drug-likeness (QED) is 0.512. The maximum Gasteiger partial charge on any atom is 0.407 e. The second-order valence-corrected chi connectivity index (χ2v) is 8.55. The van der Waals surface area contributed by atoms with Gasteiger partial charge in [-0.25, -0.2) is 9.59 Å². The van der Waals surface area contributed by atoms with E-state index in [0.29, 0.717) is 12.8 Å². The Morgan fingerprint density at radius 2 is 1.58 bits per heavy atom. The zero-order valence-electron chi connectivity index (χ0n) is 18.2. The first-order valence-corrected chi connectivity index (χ1v) is 11.2. The SMILES string of the molecule is O=C(NC1CCCCC1C(=O)N[C@H](CO)C(=O)O)OCC1c2ccccc2-c2ccccc21. The summed E-state index contributed by atoms with van der Waals surface area (Å²) in [5, 5.41) is 23.4. The van der Waals surface area contributed by atoms with Crippen LogP contribution in [0.25, 0.3) is 11.1 Å². The summed E-state index contributed by atoms with van der Waals surface area (Å²) < 4.78 is 5.60. The van der Waals surface area contributed by atoms with E-state index in [9.17, 15) is 19.5 Å². The van der Waals surface area contributed by atoms with Gasteiger partial charge in [0, 0.05) is 12.0 Å². The highest BCUT2D eigenvalue weighted by atomic mass is 16.5. The summed E-state index contributed by atoms with van der Waals surface area (Å²) >= 11 is 0. The van der Waals surface area contributed by atoms with Crippen molar-refractivity contribution < 1.29 is 29.3 Å². The smallest absolute Gasteiger partial charge is 0.407 e. The van der Waals surface area contributed by atoms with Crippen LogP contribution >= 0.6 is 0 Å². The van der Waals surface area contributed by atoms with Crippen LogP contribution in [0.15, 0.2) is 48.5 Å². The lowest BCUT2D eigenvalue weighted by Crippen LogP contribution is -2.52. The molecular formula is C25H28N2O6. The molecule has 1 saturated carbocycles. The number of aliphatic hydroxyl groups excluding tert-OH is 1. The number of rotatable bonds is 7. The van der Waals surface area contributed by atoms with Gasteiger partial charge in [0.1, 0.15) is 12.6 Å². The molecule has 4 N–H and O–H groups in total. The molecule has 2 aromatic rings. The molecule has 2 aliphatic carbocycles. The van der Waals surface area contributed by atoms with Crippen LogP contribution in [0, 0.1) is 5.92 Å². The molecule has 0 bridgehead atoms. The molecule has 0 spiro atoms. The summed E-state index contributed by atoms with van der Waals surface area (Å²) in [4.78, 5) is 36.4. The number of ether oxygens (including phenoxy) is 1. The van der Waals surface area contributed by atoms with Crippen LogP contribution in [0.2, 0.25) is 0 Å². The largest absolute Gasteiger partial charge is 0.480 e. The number of nitrogens with one attached hydrogen (secondary N) is 2. The fourth-order valence-electron chi connectivity index (χ4n) is 4.87. The van der Waals surface area contributed by atoms with Gasteiger partial charge in [-0.15, -0.1) is 0 Å². The molecule has 2 aliphatic rings. The van der Waals surface area contributed by atoms with E-state index in [4.69, 9.17) is 9.84 Å². The van der Waals surface area contributed by atoms with Gasteiger partial charge < -0.3 is 25.6 Å². The van der Waals surface area contributed by atoms with Crippen molar-refractivity contribution in [3.63, 3.8) is 0 Å². The molecule has 0 heterocycles. The number of carboxylic acids is 1. The molecule has 0 aromatic heterocycles. The number of hydrogen-bond donors (Lipinski definition) is 4. The van der Waals surface area contributed by atoms with Crippen LogP contribution in [0.5, 0.6) is 0 Å². The molecule has 2 amide bonds. The molecule has 4 rings (SSSR count). The van der Waals surface area contributed by atoms with Gasteiger partial charge in [-0.05, 0) is 35.1 Å². The Labute approximate surface area is 192 Å². The van der Waals surface area contributed by atoms with E-state index < -0.39 is 42.6 Å². The van der Waals surface area contributed by atoms with E-state index in [1.165, 1.54) is 0 Å². The fraction of sp³-hybridized carbons (Fsp3) is 0.400. The third-order valence-electron chi connectivity index (χ3n) is 6.55. The Kier molecular flexibility index (Phi) is 6.93. The molecule has 0 radical (unpaired) electrons. The number of hydrogen-bond acceptors (Lipinski definition) is 5. The molecule has 0 saturated heterocycles. The zero-order valence-corrected chi connectivity index (χ0v) is 18.2. The molecule has 2 aromatic carbocycles. The number of alkyl carbamates (subject to hydrolysis) is 1. The Hall–Kier alpha value is -3.39. The Balaban J connectivity index is 1.39. The molecule has 8 nitrogen and oxygen atoms in total. The van der Waals surface area contributed by atoms with E-state index in [1.807, 2.05) is 36.4 Å². The van der Waals surface area contributed by atoms with Crippen molar-refractivity contribution in [2.24, 2.45) is 5.92 Å². The van der Waals surface area contributed by atoms with Crippen molar-refractivity contribution in [1.29, 1.82) is 0 Å². The van der Waals surface area contributed by atoms with Crippen molar-refractivity contribution in [3.8, 4) is 11.1 Å². The third-order valence-corrected chi connectivity index (χ3v) is 6.55. The molecule has 3 atom stereocenters. The van der Waals surface area contributed by atoms with Crippen molar-refractivity contribution in [2.75, 3.05) is 13.2 Å². The van der Waals surface area contributed by atoms with Gasteiger partial charge >= 0.3 is 12.1 Å². The maximum atomic E-state index is 12.6. The number of carbonyl (C=O) groups excluding carboxylic acids is 2. The van der Waals surface area contributed by atoms with Crippen LogP contribution in [-0.2, 0) is 14.3 Å². The lowest BCUT2D eigenvalue weighted by Gasteiger charge is -2.31. The number of aliphatic hydroxyl groups is 1. The first kappa shape index (κ1) is 22.8. The third kappa shape index (κ3) is 4.85. The van der Waals surface area contributed by atoms with E-state index in [2.05, 4.69) is 22.8 Å². The highest BCUT2D eigenvalue weighted by Crippen LogP contribution is 2.44. The van der Waals surface area contributed by atoms with Gasteiger partial charge in [0.05, 0.1) is 12.5 Å². The lowest BCUT2D eigenvalue weighted by molar-refractivity contribution is -0.144. The van der Waals surface area contributed by atoms with Crippen molar-refractivity contribution in [1.82, 2.24) is 10.6 Å². The summed E-state index contributed by atoms with van der Waals surface area (Å²) in [7, 11) is 0. The van der Waals surface area contributed by atoms with Crippen LogP contribution < -0.4 is 10.6 Å². The van der Waals surface area contributed by atoms with E-state index >= 15 is 0 Å². The predicted octanol–water partition coefficient (Wildman–Crippen LogP) is 2.65. The average Bonchev–Trinajstić information content (AvgIpc) is 3.15. The van der Waals surface area contributed by atoms with Crippen LogP contribution in [0.3, 0.4) is 0 Å². The molecule has 33 heavy (non-hydrogen) atoms. The topological polar surface area (TPSA) is 125 Å². The molecule has 0 aliphatic heterocycles. The van der Waals surface area contributed by atoms with Crippen molar-refractivity contribution >= 4 is 18.0 Å². The maximum absolute atomic E-state index is 12.6.